The van der Waals surface area contributed by atoms with E-state index in [4.69, 9.17) is 25.0 Å². The van der Waals surface area contributed by atoms with Crippen LogP contribution in [0.4, 0.5) is 0 Å². The topological polar surface area (TPSA) is 306 Å². The molecule has 3 rings (SSSR count). The zero-order chi connectivity index (χ0) is 39.9. The van der Waals surface area contributed by atoms with Gasteiger partial charge in [-0.1, -0.05) is 72.2 Å². The summed E-state index contributed by atoms with van der Waals surface area (Å²) in [6.07, 6.45) is 3.41. The number of H-pyrrole nitrogens is 1. The van der Waals surface area contributed by atoms with E-state index < -0.39 is 77.3 Å². The van der Waals surface area contributed by atoms with E-state index >= 15 is 0 Å². The van der Waals surface area contributed by atoms with E-state index in [0.29, 0.717) is 36.2 Å². The van der Waals surface area contributed by atoms with Crippen molar-refractivity contribution in [1.82, 2.24) is 31.2 Å². The highest BCUT2D eigenvalue weighted by atomic mass is 32.1. The Bertz CT molecular complexity index is 1680. The fraction of sp³-hybridized carbons (Fsp3) is 0.400. The van der Waals surface area contributed by atoms with E-state index in [9.17, 15) is 33.9 Å². The molecule has 18 nitrogen and oxygen atoms in total. The molecule has 0 radical (unpaired) electrons. The number of unbranched alkanes of at least 4 members (excludes halogenated alkanes) is 1. The smallest absolute Gasteiger partial charge is 0.326 e. The van der Waals surface area contributed by atoms with E-state index in [0.717, 1.165) is 0 Å². The minimum Gasteiger partial charge on any atom is -0.481 e. The van der Waals surface area contributed by atoms with Crippen molar-refractivity contribution in [3.05, 3.63) is 90.0 Å². The second-order valence-corrected chi connectivity index (χ2v) is 12.3. The number of hydrogen-bond acceptors (Lipinski definition) is 12. The molecule has 54 heavy (non-hydrogen) atoms. The highest BCUT2D eigenvalue weighted by molar-refractivity contribution is 7.51. The van der Waals surface area contributed by atoms with Gasteiger partial charge in [-0.25, -0.2) is 9.78 Å². The van der Waals surface area contributed by atoms with Gasteiger partial charge in [0.1, 0.15) is 24.2 Å². The van der Waals surface area contributed by atoms with Crippen LogP contribution in [-0.2, 0) is 68.0 Å². The van der Waals surface area contributed by atoms with Crippen molar-refractivity contribution in [3.63, 3.8) is 0 Å². The Kier molecular flexibility index (Phi) is 20.2. The van der Waals surface area contributed by atoms with Crippen molar-refractivity contribution in [2.24, 2.45) is 11.5 Å². The first kappa shape index (κ1) is 44.5. The summed E-state index contributed by atoms with van der Waals surface area (Å²) < 4.78 is 16.7. The Morgan fingerprint density at radius 2 is 1.17 bits per heavy atom. The second-order valence-electron chi connectivity index (χ2n) is 12.1. The number of amides is 4. The van der Waals surface area contributed by atoms with Crippen LogP contribution in [0.2, 0.25) is 0 Å². The number of hydrogen-bond donors (Lipinski definition) is 9. The van der Waals surface area contributed by atoms with Crippen LogP contribution in [-0.4, -0.2) is 92.5 Å². The summed E-state index contributed by atoms with van der Waals surface area (Å²) in [7, 11) is 0. The van der Waals surface area contributed by atoms with Crippen molar-refractivity contribution < 1.29 is 47.4 Å². The zero-order valence-corrected chi connectivity index (χ0v) is 30.3. The maximum atomic E-state index is 13.9. The van der Waals surface area contributed by atoms with Crippen LogP contribution in [0.25, 0.3) is 0 Å². The number of aromatic nitrogens is 2. The number of aromatic amines is 1. The van der Waals surface area contributed by atoms with Gasteiger partial charge in [-0.2, -0.15) is 0 Å². The normalized spacial score (nSPS) is 13.4. The van der Waals surface area contributed by atoms with Crippen molar-refractivity contribution >= 4 is 47.1 Å². The van der Waals surface area contributed by atoms with Gasteiger partial charge in [0.15, 0.2) is 0 Å². The molecule has 0 saturated carbocycles. The lowest BCUT2D eigenvalue weighted by molar-refractivity contribution is -0.142. The summed E-state index contributed by atoms with van der Waals surface area (Å²) >= 11 is -1.08. The van der Waals surface area contributed by atoms with Crippen molar-refractivity contribution in [2.75, 3.05) is 6.54 Å². The number of rotatable bonds is 22. The summed E-state index contributed by atoms with van der Waals surface area (Å²) in [5.41, 5.74) is 13.4. The van der Waals surface area contributed by atoms with E-state index in [1.165, 1.54) is 12.5 Å². The lowest BCUT2D eigenvalue weighted by atomic mass is 10.0. The number of carboxylic acids is 2. The maximum absolute atomic E-state index is 13.9. The number of benzene rings is 2. The Morgan fingerprint density at radius 1 is 0.685 bits per heavy atom. The van der Waals surface area contributed by atoms with Gasteiger partial charge in [0.25, 0.3) is 0 Å². The highest BCUT2D eigenvalue weighted by Gasteiger charge is 2.32. The number of nitrogens with one attached hydrogen (secondary N) is 5. The van der Waals surface area contributed by atoms with Gasteiger partial charge in [-0.05, 0) is 43.4 Å². The molecule has 0 bridgehead atoms. The number of nitrogens with zero attached hydrogens (tertiary/aromatic N) is 1. The van der Waals surface area contributed by atoms with E-state index in [1.54, 1.807) is 60.7 Å². The van der Waals surface area contributed by atoms with Gasteiger partial charge in [0.05, 0.1) is 12.4 Å². The first-order chi connectivity index (χ1) is 25.9. The Balaban J connectivity index is 0.00000325. The SMILES string of the molecule is NCCCC[C@@H](NC(=O)[C@H](Cc1ccccc1)NC(=O)[C@H](Cc1cnc[nH]1)NC(=O)[C@@H](N)CCC(=O)O)C(=O)N[C@@H](Cc1ccccc1)C(=O)O.O=[SH-]=O. The molecule has 3 aromatic rings. The minimum atomic E-state index is -1.28. The molecule has 5 atom stereocenters. The summed E-state index contributed by atoms with van der Waals surface area (Å²) in [5, 5.41) is 29.3. The molecule has 19 heteroatoms. The average molecular weight is 772 g/mol. The van der Waals surface area contributed by atoms with Crippen LogP contribution >= 0.6 is 0 Å². The van der Waals surface area contributed by atoms with Crippen molar-refractivity contribution in [3.8, 4) is 0 Å². The highest BCUT2D eigenvalue weighted by Crippen LogP contribution is 2.10. The molecule has 0 fully saturated rings. The molecule has 1 heterocycles. The van der Waals surface area contributed by atoms with Crippen LogP contribution in [0.15, 0.2) is 73.2 Å². The summed E-state index contributed by atoms with van der Waals surface area (Å²) in [6.45, 7) is 0.337. The summed E-state index contributed by atoms with van der Waals surface area (Å²) in [4.78, 5) is 84.1. The fourth-order valence-corrected chi connectivity index (χ4v) is 5.20. The number of aliphatic carboxylic acids is 2. The monoisotopic (exact) mass is 771 g/mol. The third kappa shape index (κ3) is 16.8. The summed E-state index contributed by atoms with van der Waals surface area (Å²) in [5.74, 6) is -5.34. The van der Waals surface area contributed by atoms with E-state index in [-0.39, 0.29) is 38.5 Å². The molecule has 1 aromatic heterocycles. The lowest BCUT2D eigenvalue weighted by Gasteiger charge is -2.26. The molecule has 0 saturated heterocycles. The van der Waals surface area contributed by atoms with Crippen LogP contribution in [0.5, 0.6) is 0 Å². The third-order valence-corrected chi connectivity index (χ3v) is 8.01. The molecule has 11 N–H and O–H groups in total. The molecule has 0 unspecified atom stereocenters. The number of nitrogens with two attached hydrogens (primary N) is 2. The molecular formula is C35H47N8O10S-. The largest absolute Gasteiger partial charge is 0.481 e. The van der Waals surface area contributed by atoms with Crippen LogP contribution in [0.1, 0.15) is 48.9 Å². The number of imidazole rings is 1. The zero-order valence-electron chi connectivity index (χ0n) is 29.4. The molecule has 294 valence electrons. The predicted molar refractivity (Wildman–Crippen MR) is 196 cm³/mol. The van der Waals surface area contributed by atoms with Gasteiger partial charge in [0.2, 0.25) is 23.6 Å². The van der Waals surface area contributed by atoms with Crippen LogP contribution in [0, 0.1) is 0 Å². The molecule has 2 aromatic carbocycles. The Labute approximate surface area is 314 Å². The average Bonchev–Trinajstić information content (AvgIpc) is 3.67. The molecular weight excluding hydrogens is 724 g/mol. The van der Waals surface area contributed by atoms with Gasteiger partial charge >= 0.3 is 11.9 Å². The van der Waals surface area contributed by atoms with Crippen LogP contribution in [0.3, 0.4) is 0 Å². The Morgan fingerprint density at radius 3 is 1.67 bits per heavy atom. The number of carbonyl (C=O) groups is 6. The lowest BCUT2D eigenvalue weighted by Crippen LogP contribution is -2.59. The summed E-state index contributed by atoms with van der Waals surface area (Å²) in [6, 6.07) is 11.4. The predicted octanol–water partition coefficient (Wildman–Crippen LogP) is -0.725. The number of thiol groups is 1. The molecule has 0 spiro atoms. The van der Waals surface area contributed by atoms with Gasteiger partial charge < -0.3 is 56.3 Å². The maximum Gasteiger partial charge on any atom is 0.326 e. The first-order valence-electron chi connectivity index (χ1n) is 17.0. The van der Waals surface area contributed by atoms with Gasteiger partial charge in [-0.15, -0.1) is 0 Å². The number of carboxylic acid groups (broad SMARTS) is 2. The molecule has 4 amide bonds. The fourth-order valence-electron chi connectivity index (χ4n) is 5.20. The quantitative estimate of drug-likeness (QED) is 0.0346. The standard InChI is InChI=1S/C35H46N8O8.HO2S/c36-16-8-7-13-26(32(47)43-29(35(50)51)18-23-11-5-2-6-12-23)40-33(48)27(17-22-9-3-1-4-10-22)42-34(49)28(19-24-20-38-21-39-24)41-31(46)25(37)14-15-30(44)45;1-3-2/h1-6,9-12,20-21,25-29H,7-8,13-19,36-37H2,(H,38,39)(H,40,48)(H,41,46)(H,42,49)(H,43,47)(H,44,45)(H,50,51);3H/q;-1/t25-,26+,27-,28-,29-;/m0./s1. The number of carbonyl (C=O) groups excluding carboxylic acids is 4. The molecule has 0 aliphatic rings. The molecule has 0 aliphatic carbocycles. The van der Waals surface area contributed by atoms with E-state index in [1.807, 2.05) is 0 Å². The van der Waals surface area contributed by atoms with Gasteiger partial charge in [-0.3, -0.25) is 24.0 Å². The second kappa shape index (κ2) is 24.6. The third-order valence-electron chi connectivity index (χ3n) is 8.01. The minimum absolute atomic E-state index is 0.00413. The van der Waals surface area contributed by atoms with Gasteiger partial charge in [0, 0.05) is 37.6 Å². The Hall–Kier alpha value is -5.66. The first-order valence-corrected chi connectivity index (χ1v) is 17.7. The van der Waals surface area contributed by atoms with Crippen LogP contribution < -0.4 is 32.7 Å². The van der Waals surface area contributed by atoms with E-state index in [2.05, 4.69) is 31.2 Å². The molecule has 0 aliphatic heterocycles. The van der Waals surface area contributed by atoms with Crippen molar-refractivity contribution in [1.29, 1.82) is 0 Å². The van der Waals surface area contributed by atoms with Crippen molar-refractivity contribution in [2.45, 2.75) is 81.6 Å².